The van der Waals surface area contributed by atoms with Crippen molar-refractivity contribution < 1.29 is 9.84 Å². The van der Waals surface area contributed by atoms with E-state index in [1.807, 2.05) is 0 Å². The van der Waals surface area contributed by atoms with E-state index < -0.39 is 0 Å². The molecule has 4 nitrogen and oxygen atoms in total. The van der Waals surface area contributed by atoms with Crippen LogP contribution in [0.1, 0.15) is 46.0 Å². The Labute approximate surface area is 133 Å². The third kappa shape index (κ3) is 2.71. The fraction of sp³-hybridized carbons (Fsp3) is 0.833. The highest BCUT2D eigenvalue weighted by Crippen LogP contribution is 2.53. The Kier molecular flexibility index (Phi) is 4.59. The fourth-order valence-electron chi connectivity index (χ4n) is 4.35. The molecule has 3 rings (SSSR count). The Morgan fingerprint density at radius 3 is 2.64 bits per heavy atom. The van der Waals surface area contributed by atoms with Crippen molar-refractivity contribution in [1.82, 2.24) is 4.90 Å². The lowest BCUT2D eigenvalue weighted by Crippen LogP contribution is -2.48. The number of aliphatic hydroxyl groups excluding tert-OH is 1. The summed E-state index contributed by atoms with van der Waals surface area (Å²) >= 11 is 0. The lowest BCUT2D eigenvalue weighted by atomic mass is 9.75. The average Bonchev–Trinajstić information content (AvgIpc) is 3.36. The maximum Gasteiger partial charge on any atom is 0.0949 e. The molecule has 4 atom stereocenters. The van der Waals surface area contributed by atoms with Gasteiger partial charge in [-0.15, -0.1) is 0 Å². The first-order valence-electron chi connectivity index (χ1n) is 8.79. The molecule has 0 bridgehead atoms. The second-order valence-corrected chi connectivity index (χ2v) is 7.06. The molecule has 0 saturated heterocycles. The molecule has 2 aliphatic carbocycles. The maximum absolute atomic E-state index is 9.76. The summed E-state index contributed by atoms with van der Waals surface area (Å²) in [6.07, 6.45) is 7.28. The summed E-state index contributed by atoms with van der Waals surface area (Å²) in [5.74, 6) is 0.350. The van der Waals surface area contributed by atoms with Gasteiger partial charge in [-0.05, 0) is 50.8 Å². The van der Waals surface area contributed by atoms with Crippen LogP contribution in [-0.4, -0.2) is 48.0 Å². The van der Waals surface area contributed by atoms with Crippen LogP contribution in [0.5, 0.6) is 0 Å². The third-order valence-corrected chi connectivity index (χ3v) is 5.99. The lowest BCUT2D eigenvalue weighted by Gasteiger charge is -2.45. The first-order chi connectivity index (χ1) is 10.7. The molecule has 3 unspecified atom stereocenters. The SMILES string of the molecule is CCN(CC)C1CCC2C(CO)=CC(C3(C#N)CC3)O[C@H]2C1. The standard InChI is InChI=1S/C18H28N2O2/c1-3-20(4-2)14-5-6-15-13(11-21)9-17(22-16(15)10-14)18(12-19)7-8-18/h9,14-17,21H,3-8,10-11H2,1-2H3/t14?,15?,16-,17?/m0/s1. The minimum atomic E-state index is -0.312. The van der Waals surface area contributed by atoms with Gasteiger partial charge in [-0.3, -0.25) is 0 Å². The van der Waals surface area contributed by atoms with Gasteiger partial charge >= 0.3 is 0 Å². The van der Waals surface area contributed by atoms with E-state index in [2.05, 4.69) is 30.9 Å². The molecule has 3 aliphatic rings. The second kappa shape index (κ2) is 6.31. The highest BCUT2D eigenvalue weighted by molar-refractivity contribution is 5.26. The molecule has 0 aromatic rings. The zero-order chi connectivity index (χ0) is 15.7. The maximum atomic E-state index is 9.76. The van der Waals surface area contributed by atoms with Gasteiger partial charge in [0, 0.05) is 12.0 Å². The summed E-state index contributed by atoms with van der Waals surface area (Å²) in [4.78, 5) is 2.52. The highest BCUT2D eigenvalue weighted by Gasteiger charge is 2.53. The minimum absolute atomic E-state index is 0.110. The summed E-state index contributed by atoms with van der Waals surface area (Å²) in [5.41, 5.74) is 0.800. The van der Waals surface area contributed by atoms with Crippen LogP contribution in [0.25, 0.3) is 0 Å². The minimum Gasteiger partial charge on any atom is -0.392 e. The number of fused-ring (bicyclic) bond motifs is 1. The zero-order valence-electron chi connectivity index (χ0n) is 13.8. The van der Waals surface area contributed by atoms with Crippen molar-refractivity contribution >= 4 is 0 Å². The van der Waals surface area contributed by atoms with Crippen LogP contribution in [0.3, 0.4) is 0 Å². The molecule has 2 saturated carbocycles. The van der Waals surface area contributed by atoms with Crippen molar-refractivity contribution in [2.45, 2.75) is 64.2 Å². The Hall–Kier alpha value is -0.890. The zero-order valence-corrected chi connectivity index (χ0v) is 13.8. The number of nitrogens with zero attached hydrogens (tertiary/aromatic N) is 2. The molecule has 0 aromatic heterocycles. The summed E-state index contributed by atoms with van der Waals surface area (Å²) in [6, 6.07) is 3.03. The highest BCUT2D eigenvalue weighted by atomic mass is 16.5. The summed E-state index contributed by atoms with van der Waals surface area (Å²) in [6.45, 7) is 6.69. The number of nitriles is 1. The van der Waals surface area contributed by atoms with E-state index in [1.54, 1.807) is 0 Å². The van der Waals surface area contributed by atoms with Gasteiger partial charge in [-0.25, -0.2) is 0 Å². The number of aliphatic hydroxyl groups is 1. The van der Waals surface area contributed by atoms with Crippen molar-refractivity contribution in [3.63, 3.8) is 0 Å². The van der Waals surface area contributed by atoms with Gasteiger partial charge in [0.2, 0.25) is 0 Å². The monoisotopic (exact) mass is 304 g/mol. The van der Waals surface area contributed by atoms with E-state index in [0.717, 1.165) is 44.3 Å². The van der Waals surface area contributed by atoms with Gasteiger partial charge in [0.1, 0.15) is 0 Å². The van der Waals surface area contributed by atoms with Crippen molar-refractivity contribution in [3.8, 4) is 6.07 Å². The molecular formula is C18H28N2O2. The van der Waals surface area contributed by atoms with Crippen LogP contribution < -0.4 is 0 Å². The molecule has 2 fully saturated rings. The predicted molar refractivity (Wildman–Crippen MR) is 85.2 cm³/mol. The second-order valence-electron chi connectivity index (χ2n) is 7.06. The van der Waals surface area contributed by atoms with Crippen LogP contribution in [0.4, 0.5) is 0 Å². The summed E-state index contributed by atoms with van der Waals surface area (Å²) < 4.78 is 6.37. The van der Waals surface area contributed by atoms with Crippen LogP contribution in [-0.2, 0) is 4.74 Å². The van der Waals surface area contributed by atoms with Crippen molar-refractivity contribution in [3.05, 3.63) is 11.6 Å². The molecule has 22 heavy (non-hydrogen) atoms. The summed E-state index contributed by atoms with van der Waals surface area (Å²) in [5, 5.41) is 19.2. The van der Waals surface area contributed by atoms with Gasteiger partial charge < -0.3 is 14.7 Å². The van der Waals surface area contributed by atoms with Crippen LogP contribution in [0, 0.1) is 22.7 Å². The largest absolute Gasteiger partial charge is 0.392 e. The van der Waals surface area contributed by atoms with E-state index in [0.29, 0.717) is 12.0 Å². The van der Waals surface area contributed by atoms with Crippen molar-refractivity contribution in [2.24, 2.45) is 11.3 Å². The lowest BCUT2D eigenvalue weighted by molar-refractivity contribution is -0.0808. The van der Waals surface area contributed by atoms with Crippen LogP contribution in [0.15, 0.2) is 11.6 Å². The van der Waals surface area contributed by atoms with Crippen molar-refractivity contribution in [1.29, 1.82) is 5.26 Å². The van der Waals surface area contributed by atoms with Gasteiger partial charge in [-0.1, -0.05) is 19.9 Å². The van der Waals surface area contributed by atoms with Gasteiger partial charge in [-0.2, -0.15) is 5.26 Å². The molecular weight excluding hydrogens is 276 g/mol. The number of ether oxygens (including phenoxy) is 1. The Morgan fingerprint density at radius 2 is 2.09 bits per heavy atom. The third-order valence-electron chi connectivity index (χ3n) is 5.99. The van der Waals surface area contributed by atoms with Gasteiger partial charge in [0.15, 0.2) is 0 Å². The Bertz CT molecular complexity index is 474. The van der Waals surface area contributed by atoms with Crippen LogP contribution >= 0.6 is 0 Å². The Balaban J connectivity index is 1.77. The van der Waals surface area contributed by atoms with E-state index in [9.17, 15) is 10.4 Å². The fourth-order valence-corrected chi connectivity index (χ4v) is 4.35. The quantitative estimate of drug-likeness (QED) is 0.793. The normalized spacial score (nSPS) is 36.4. The predicted octanol–water partition coefficient (Wildman–Crippen LogP) is 2.49. The molecule has 0 spiro atoms. The molecule has 4 heteroatoms. The smallest absolute Gasteiger partial charge is 0.0949 e. The molecule has 0 amide bonds. The molecule has 122 valence electrons. The number of hydrogen-bond acceptors (Lipinski definition) is 4. The number of rotatable bonds is 5. The van der Waals surface area contributed by atoms with Crippen LogP contribution in [0.2, 0.25) is 0 Å². The average molecular weight is 304 g/mol. The summed E-state index contributed by atoms with van der Waals surface area (Å²) in [7, 11) is 0. The molecule has 0 radical (unpaired) electrons. The van der Waals surface area contributed by atoms with Crippen molar-refractivity contribution in [2.75, 3.05) is 19.7 Å². The Morgan fingerprint density at radius 1 is 1.36 bits per heavy atom. The topological polar surface area (TPSA) is 56.5 Å². The van der Waals surface area contributed by atoms with Gasteiger partial charge in [0.05, 0.1) is 30.3 Å². The number of hydrogen-bond donors (Lipinski definition) is 1. The molecule has 1 aliphatic heterocycles. The van der Waals surface area contributed by atoms with Gasteiger partial charge in [0.25, 0.3) is 0 Å². The molecule has 1 N–H and O–H groups in total. The first-order valence-corrected chi connectivity index (χ1v) is 8.79. The first kappa shape index (κ1) is 16.0. The van der Waals surface area contributed by atoms with E-state index in [1.165, 1.54) is 6.42 Å². The van der Waals surface area contributed by atoms with E-state index >= 15 is 0 Å². The molecule has 1 heterocycles. The van der Waals surface area contributed by atoms with E-state index in [4.69, 9.17) is 4.74 Å². The van der Waals surface area contributed by atoms with E-state index in [-0.39, 0.29) is 24.2 Å². The molecule has 0 aromatic carbocycles.